The first kappa shape index (κ1) is 9.26. The summed E-state index contributed by atoms with van der Waals surface area (Å²) >= 11 is 0. The summed E-state index contributed by atoms with van der Waals surface area (Å²) in [5.41, 5.74) is -0.231. The van der Waals surface area contributed by atoms with Gasteiger partial charge in [-0.15, -0.1) is 0 Å². The zero-order chi connectivity index (χ0) is 8.32. The summed E-state index contributed by atoms with van der Waals surface area (Å²) in [5.74, 6) is 1.73. The van der Waals surface area contributed by atoms with E-state index in [9.17, 15) is 4.79 Å². The summed E-state index contributed by atoms with van der Waals surface area (Å²) in [6.07, 6.45) is 0. The summed E-state index contributed by atoms with van der Waals surface area (Å²) in [7, 11) is 3.50. The number of carbonyl (C=O) groups excluding carboxylic acids is 1. The van der Waals surface area contributed by atoms with Gasteiger partial charge in [-0.05, 0) is 13.8 Å². The van der Waals surface area contributed by atoms with Crippen LogP contribution in [0.3, 0.4) is 0 Å². The lowest BCUT2D eigenvalue weighted by Crippen LogP contribution is -2.31. The molecule has 0 aromatic carbocycles. The minimum atomic E-state index is -0.231. The summed E-state index contributed by atoms with van der Waals surface area (Å²) in [6.45, 7) is 4.30. The minimum absolute atomic E-state index is 0.0440. The molecular weight excluding hydrogens is 180 g/mol. The van der Waals surface area contributed by atoms with E-state index in [1.165, 1.54) is 0 Å². The molecule has 0 radical (unpaired) electrons. The van der Waals surface area contributed by atoms with Crippen molar-refractivity contribution in [3.63, 3.8) is 0 Å². The van der Waals surface area contributed by atoms with Crippen molar-refractivity contribution in [1.29, 1.82) is 0 Å². The number of hydrogen-bond acceptors (Lipinski definition) is 4. The van der Waals surface area contributed by atoms with E-state index in [2.05, 4.69) is 0 Å². The quantitative estimate of drug-likeness (QED) is 0.493. The van der Waals surface area contributed by atoms with Crippen LogP contribution in [0.2, 0.25) is 0 Å². The van der Waals surface area contributed by atoms with Crippen molar-refractivity contribution in [3.8, 4) is 0 Å². The highest BCUT2D eigenvalue weighted by Crippen LogP contribution is 2.43. The molecule has 0 N–H and O–H groups in total. The van der Waals surface area contributed by atoms with Gasteiger partial charge >= 0.3 is 5.97 Å². The summed E-state index contributed by atoms with van der Waals surface area (Å²) in [4.78, 5) is 11.3. The third kappa shape index (κ3) is 2.06. The van der Waals surface area contributed by atoms with Crippen LogP contribution in [-0.4, -0.2) is 24.1 Å². The van der Waals surface area contributed by atoms with E-state index in [-0.39, 0.29) is 11.4 Å². The second-order valence-electron chi connectivity index (χ2n) is 2.81. The molecule has 0 aromatic rings. The molecule has 0 aliphatic carbocycles. The first-order valence-electron chi connectivity index (χ1n) is 3.61. The third-order valence-electron chi connectivity index (χ3n) is 1.61. The predicted octanol–water partition coefficient (Wildman–Crippen LogP) is 1.95. The van der Waals surface area contributed by atoms with Crippen LogP contribution in [0.4, 0.5) is 0 Å². The summed E-state index contributed by atoms with van der Waals surface area (Å²) < 4.78 is 4.96. The Morgan fingerprint density at radius 3 is 2.55 bits per heavy atom. The van der Waals surface area contributed by atoms with Crippen LogP contribution in [0.1, 0.15) is 13.8 Å². The maximum Gasteiger partial charge on any atom is 0.313 e. The first-order valence-corrected chi connectivity index (χ1v) is 6.09. The number of ether oxygens (including phenoxy) is 1. The zero-order valence-corrected chi connectivity index (χ0v) is 8.39. The first-order chi connectivity index (χ1) is 5.19. The number of hydrogen-bond donors (Lipinski definition) is 0. The SMILES string of the molecule is CCOC(=O)C1(C)CSSC1. The molecule has 11 heavy (non-hydrogen) atoms. The smallest absolute Gasteiger partial charge is 0.313 e. The monoisotopic (exact) mass is 192 g/mol. The van der Waals surface area contributed by atoms with Crippen molar-refractivity contribution in [2.24, 2.45) is 5.41 Å². The van der Waals surface area contributed by atoms with Gasteiger partial charge in [-0.3, -0.25) is 4.79 Å². The fourth-order valence-electron chi connectivity index (χ4n) is 0.808. The van der Waals surface area contributed by atoms with Crippen LogP contribution in [-0.2, 0) is 9.53 Å². The van der Waals surface area contributed by atoms with Crippen LogP contribution in [0.5, 0.6) is 0 Å². The second-order valence-corrected chi connectivity index (χ2v) is 5.27. The third-order valence-corrected chi connectivity index (χ3v) is 4.49. The Morgan fingerprint density at radius 2 is 2.09 bits per heavy atom. The van der Waals surface area contributed by atoms with Crippen molar-refractivity contribution in [2.75, 3.05) is 18.1 Å². The molecule has 64 valence electrons. The summed E-state index contributed by atoms with van der Waals surface area (Å²) in [5, 5.41) is 0. The van der Waals surface area contributed by atoms with Crippen molar-refractivity contribution in [2.45, 2.75) is 13.8 Å². The molecule has 0 aromatic heterocycles. The van der Waals surface area contributed by atoms with Gasteiger partial charge in [-0.1, -0.05) is 21.6 Å². The Balaban J connectivity index is 2.49. The highest BCUT2D eigenvalue weighted by atomic mass is 33.1. The second kappa shape index (κ2) is 3.72. The van der Waals surface area contributed by atoms with Gasteiger partial charge in [0.2, 0.25) is 0 Å². The van der Waals surface area contributed by atoms with E-state index >= 15 is 0 Å². The molecule has 0 spiro atoms. The average Bonchev–Trinajstić information content (AvgIpc) is 2.38. The van der Waals surface area contributed by atoms with Crippen molar-refractivity contribution >= 4 is 27.6 Å². The van der Waals surface area contributed by atoms with E-state index in [4.69, 9.17) is 4.74 Å². The van der Waals surface area contributed by atoms with Gasteiger partial charge in [-0.25, -0.2) is 0 Å². The normalized spacial score (nSPS) is 21.6. The fourth-order valence-corrected chi connectivity index (χ4v) is 4.12. The predicted molar refractivity (Wildman–Crippen MR) is 49.7 cm³/mol. The zero-order valence-electron chi connectivity index (χ0n) is 6.75. The van der Waals surface area contributed by atoms with E-state index < -0.39 is 0 Å². The molecule has 4 heteroatoms. The molecular formula is C7H12O2S2. The molecule has 1 rings (SSSR count). The Kier molecular flexibility index (Phi) is 3.13. The Hall–Kier alpha value is 0.170. The van der Waals surface area contributed by atoms with Crippen LogP contribution in [0, 0.1) is 5.41 Å². The van der Waals surface area contributed by atoms with Crippen LogP contribution in [0.15, 0.2) is 0 Å². The Morgan fingerprint density at radius 1 is 1.55 bits per heavy atom. The number of esters is 1. The fraction of sp³-hybridized carbons (Fsp3) is 0.857. The molecule has 1 aliphatic rings. The summed E-state index contributed by atoms with van der Waals surface area (Å²) in [6, 6.07) is 0. The average molecular weight is 192 g/mol. The van der Waals surface area contributed by atoms with Gasteiger partial charge in [0.05, 0.1) is 12.0 Å². The number of rotatable bonds is 2. The topological polar surface area (TPSA) is 26.3 Å². The molecule has 0 unspecified atom stereocenters. The van der Waals surface area contributed by atoms with Gasteiger partial charge < -0.3 is 4.74 Å². The molecule has 0 amide bonds. The Bertz CT molecular complexity index is 153. The molecule has 1 fully saturated rings. The number of carbonyl (C=O) groups is 1. The van der Waals surface area contributed by atoms with Gasteiger partial charge in [0, 0.05) is 11.5 Å². The lowest BCUT2D eigenvalue weighted by molar-refractivity contribution is -0.151. The van der Waals surface area contributed by atoms with E-state index in [1.54, 1.807) is 21.6 Å². The maximum atomic E-state index is 11.3. The standard InChI is InChI=1S/C7H12O2S2/c1-3-9-6(8)7(2)4-10-11-5-7/h3-5H2,1-2H3. The molecule has 1 heterocycles. The van der Waals surface area contributed by atoms with E-state index in [0.717, 1.165) is 11.5 Å². The maximum absolute atomic E-state index is 11.3. The minimum Gasteiger partial charge on any atom is -0.466 e. The lowest BCUT2D eigenvalue weighted by Gasteiger charge is -2.18. The van der Waals surface area contributed by atoms with E-state index in [1.807, 2.05) is 13.8 Å². The molecule has 0 bridgehead atoms. The van der Waals surface area contributed by atoms with Crippen LogP contribution in [0.25, 0.3) is 0 Å². The van der Waals surface area contributed by atoms with Crippen LogP contribution < -0.4 is 0 Å². The molecule has 2 nitrogen and oxygen atoms in total. The van der Waals surface area contributed by atoms with Gasteiger partial charge in [-0.2, -0.15) is 0 Å². The van der Waals surface area contributed by atoms with Gasteiger partial charge in [0.15, 0.2) is 0 Å². The van der Waals surface area contributed by atoms with E-state index in [0.29, 0.717) is 6.61 Å². The van der Waals surface area contributed by atoms with Crippen molar-refractivity contribution < 1.29 is 9.53 Å². The van der Waals surface area contributed by atoms with Crippen molar-refractivity contribution in [1.82, 2.24) is 0 Å². The van der Waals surface area contributed by atoms with Gasteiger partial charge in [0.1, 0.15) is 0 Å². The molecule has 1 aliphatic heterocycles. The molecule has 0 saturated carbocycles. The lowest BCUT2D eigenvalue weighted by atomic mass is 9.96. The van der Waals surface area contributed by atoms with Crippen LogP contribution >= 0.6 is 21.6 Å². The highest BCUT2D eigenvalue weighted by Gasteiger charge is 2.38. The largest absolute Gasteiger partial charge is 0.466 e. The van der Waals surface area contributed by atoms with Crippen molar-refractivity contribution in [3.05, 3.63) is 0 Å². The highest BCUT2D eigenvalue weighted by molar-refractivity contribution is 8.77. The van der Waals surface area contributed by atoms with Gasteiger partial charge in [0.25, 0.3) is 0 Å². The Labute approximate surface area is 74.8 Å². The molecule has 1 saturated heterocycles. The molecule has 0 atom stereocenters.